The van der Waals surface area contributed by atoms with Gasteiger partial charge in [0, 0.05) is 5.56 Å². The Bertz CT molecular complexity index is 684. The first-order chi connectivity index (χ1) is 12.4. The van der Waals surface area contributed by atoms with Gasteiger partial charge in [0.25, 0.3) is 0 Å². The number of hydrogen-bond acceptors (Lipinski definition) is 0. The van der Waals surface area contributed by atoms with Gasteiger partial charge in [0.05, 0.1) is 0 Å². The zero-order chi connectivity index (χ0) is 18.4. The van der Waals surface area contributed by atoms with Crippen LogP contribution in [0.2, 0.25) is 0 Å². The summed E-state index contributed by atoms with van der Waals surface area (Å²) in [7, 11) is 0. The summed E-state index contributed by atoms with van der Waals surface area (Å²) in [6.07, 6.45) is 13.5. The van der Waals surface area contributed by atoms with Gasteiger partial charge in [-0.1, -0.05) is 37.1 Å². The second-order valence-electron chi connectivity index (χ2n) is 8.19. The summed E-state index contributed by atoms with van der Waals surface area (Å²) in [5.41, 5.74) is 0.703. The normalized spacial score (nSPS) is 29.6. The first-order valence-corrected chi connectivity index (χ1v) is 9.79. The Balaban J connectivity index is 0.00000210. The maximum Gasteiger partial charge on any atom is 1.00 e. The number of rotatable bonds is 2. The van der Waals surface area contributed by atoms with E-state index in [0.29, 0.717) is 12.0 Å². The van der Waals surface area contributed by atoms with Gasteiger partial charge in [-0.05, 0) is 60.6 Å². The molecular weight excluding hydrogens is 426 g/mol. The van der Waals surface area contributed by atoms with Gasteiger partial charge in [-0.25, -0.2) is 0 Å². The van der Waals surface area contributed by atoms with Crippen molar-refractivity contribution in [2.75, 3.05) is 0 Å². The van der Waals surface area contributed by atoms with Crippen molar-refractivity contribution in [3.63, 3.8) is 0 Å². The van der Waals surface area contributed by atoms with E-state index in [-0.39, 0.29) is 63.8 Å². The molecule has 2 saturated carbocycles. The number of halogens is 4. The van der Waals surface area contributed by atoms with E-state index in [2.05, 4.69) is 6.42 Å². The molecule has 0 spiro atoms. The Morgan fingerprint density at radius 2 is 1.48 bits per heavy atom. The van der Waals surface area contributed by atoms with Crippen LogP contribution in [0, 0.1) is 18.3 Å². The Morgan fingerprint density at radius 1 is 0.852 bits per heavy atom. The second-order valence-corrected chi connectivity index (χ2v) is 8.19. The monoisotopic (exact) mass is 450 g/mol. The molecule has 0 unspecified atom stereocenters. The molecule has 0 aliphatic heterocycles. The van der Waals surface area contributed by atoms with Crippen molar-refractivity contribution in [3.05, 3.63) is 47.4 Å². The second kappa shape index (κ2) is 8.69. The van der Waals surface area contributed by atoms with Crippen LogP contribution >= 0.6 is 0 Å². The van der Waals surface area contributed by atoms with Crippen molar-refractivity contribution in [2.45, 2.75) is 69.1 Å². The molecule has 3 aliphatic carbocycles. The minimum absolute atomic E-state index is 0. The number of alkyl halides is 4. The Hall–Kier alpha value is 0.485. The van der Waals surface area contributed by atoms with Crippen molar-refractivity contribution < 1.29 is 75.7 Å². The molecule has 4 rings (SSSR count). The van der Waals surface area contributed by atoms with E-state index in [1.165, 1.54) is 44.6 Å². The van der Waals surface area contributed by atoms with Crippen LogP contribution in [0.25, 0.3) is 6.08 Å². The molecular formula is C22H25F4Rb. The van der Waals surface area contributed by atoms with Gasteiger partial charge in [-0.3, -0.25) is 0 Å². The number of benzene rings is 1. The minimum Gasteiger partial charge on any atom is -0.328 e. The van der Waals surface area contributed by atoms with Crippen LogP contribution in [0.1, 0.15) is 74.0 Å². The summed E-state index contributed by atoms with van der Waals surface area (Å²) in [6, 6.07) is 4.56. The van der Waals surface area contributed by atoms with Gasteiger partial charge >= 0.3 is 70.0 Å². The molecule has 1 aromatic rings. The fourth-order valence-corrected chi connectivity index (χ4v) is 5.09. The standard InChI is InChI=1S/C22H25F4.Rb/c23-21(24)13-12-19-14-18(10-11-20(19)22(21,25)26)17-8-6-16(7-9-17)15-4-2-1-3-5-15;/h1,10-17H,2-9H2;/q-1;+1. The summed E-state index contributed by atoms with van der Waals surface area (Å²) >= 11 is 0. The fourth-order valence-electron chi connectivity index (χ4n) is 5.09. The van der Waals surface area contributed by atoms with E-state index in [1.807, 2.05) is 0 Å². The Labute approximate surface area is 208 Å². The van der Waals surface area contributed by atoms with Crippen LogP contribution in [0.15, 0.2) is 24.3 Å². The van der Waals surface area contributed by atoms with Crippen LogP contribution in [-0.2, 0) is 5.92 Å². The third-order valence-electron chi connectivity index (χ3n) is 6.70. The Kier molecular flexibility index (Phi) is 7.14. The van der Waals surface area contributed by atoms with Crippen LogP contribution in [0.4, 0.5) is 17.6 Å². The van der Waals surface area contributed by atoms with Crippen molar-refractivity contribution in [3.8, 4) is 0 Å². The van der Waals surface area contributed by atoms with E-state index >= 15 is 0 Å². The van der Waals surface area contributed by atoms with Gasteiger partial charge in [-0.15, -0.1) is 0 Å². The first kappa shape index (κ1) is 22.2. The average molecular weight is 451 g/mol. The van der Waals surface area contributed by atoms with Crippen molar-refractivity contribution in [2.24, 2.45) is 11.8 Å². The quantitative estimate of drug-likeness (QED) is 0.470. The molecule has 0 atom stereocenters. The summed E-state index contributed by atoms with van der Waals surface area (Å²) in [5, 5.41) is 0. The average Bonchev–Trinajstić information content (AvgIpc) is 2.66. The first-order valence-electron chi connectivity index (χ1n) is 9.79. The third kappa shape index (κ3) is 4.34. The van der Waals surface area contributed by atoms with Gasteiger partial charge in [0.2, 0.25) is 0 Å². The molecule has 0 saturated heterocycles. The van der Waals surface area contributed by atoms with Crippen molar-refractivity contribution >= 4 is 6.08 Å². The smallest absolute Gasteiger partial charge is 0.328 e. The molecule has 0 N–H and O–H groups in total. The maximum atomic E-state index is 14.0. The van der Waals surface area contributed by atoms with E-state index in [9.17, 15) is 17.6 Å². The van der Waals surface area contributed by atoms with Gasteiger partial charge < -0.3 is 6.42 Å². The summed E-state index contributed by atoms with van der Waals surface area (Å²) in [5.74, 6) is -6.26. The molecule has 1 aromatic carbocycles. The number of fused-ring (bicyclic) bond motifs is 1. The van der Waals surface area contributed by atoms with E-state index < -0.39 is 17.4 Å². The topological polar surface area (TPSA) is 0 Å². The van der Waals surface area contributed by atoms with E-state index in [0.717, 1.165) is 36.3 Å². The predicted molar refractivity (Wildman–Crippen MR) is 95.3 cm³/mol. The number of allylic oxidation sites excluding steroid dienone is 1. The predicted octanol–water partition coefficient (Wildman–Crippen LogP) is 4.11. The van der Waals surface area contributed by atoms with E-state index in [4.69, 9.17) is 0 Å². The minimum atomic E-state index is -4.13. The summed E-state index contributed by atoms with van der Waals surface area (Å²) in [6.45, 7) is 0. The van der Waals surface area contributed by atoms with E-state index in [1.54, 1.807) is 12.1 Å². The van der Waals surface area contributed by atoms with Gasteiger partial charge in [0.1, 0.15) is 0 Å². The summed E-state index contributed by atoms with van der Waals surface area (Å²) < 4.78 is 55.0. The SMILES string of the molecule is FC1(F)C=Cc2cc(C3CCC(C4CC[CH-]CC4)CC3)ccc2C1(F)F.[Rb+]. The molecule has 2 fully saturated rings. The molecule has 0 radical (unpaired) electrons. The Morgan fingerprint density at radius 3 is 2.15 bits per heavy atom. The van der Waals surface area contributed by atoms with Crippen LogP contribution in [0.5, 0.6) is 0 Å². The van der Waals surface area contributed by atoms with Crippen molar-refractivity contribution in [1.29, 1.82) is 0 Å². The van der Waals surface area contributed by atoms with Crippen LogP contribution in [0.3, 0.4) is 0 Å². The largest absolute Gasteiger partial charge is 1.00 e. The third-order valence-corrected chi connectivity index (χ3v) is 6.70. The molecule has 27 heavy (non-hydrogen) atoms. The van der Waals surface area contributed by atoms with Gasteiger partial charge in [0.15, 0.2) is 0 Å². The summed E-state index contributed by atoms with van der Waals surface area (Å²) in [4.78, 5) is 0. The zero-order valence-electron chi connectivity index (χ0n) is 15.9. The van der Waals surface area contributed by atoms with Crippen LogP contribution in [-0.4, -0.2) is 5.92 Å². The number of hydrogen-bond donors (Lipinski definition) is 0. The molecule has 3 aliphatic rings. The molecule has 0 nitrogen and oxygen atoms in total. The molecule has 0 amide bonds. The molecule has 142 valence electrons. The molecule has 5 heteroatoms. The van der Waals surface area contributed by atoms with Gasteiger partial charge in [-0.2, -0.15) is 30.4 Å². The molecule has 0 heterocycles. The molecule has 0 aromatic heterocycles. The zero-order valence-corrected chi connectivity index (χ0v) is 20.8. The van der Waals surface area contributed by atoms with Crippen molar-refractivity contribution in [1.82, 2.24) is 0 Å². The maximum absolute atomic E-state index is 14.0. The fraction of sp³-hybridized carbons (Fsp3) is 0.591. The van der Waals surface area contributed by atoms with Crippen LogP contribution < -0.4 is 58.2 Å². The molecule has 0 bridgehead atoms.